The predicted molar refractivity (Wildman–Crippen MR) is 148 cm³/mol. The van der Waals surface area contributed by atoms with E-state index in [0.717, 1.165) is 0 Å². The molecule has 0 aliphatic carbocycles. The van der Waals surface area contributed by atoms with Crippen molar-refractivity contribution in [3.63, 3.8) is 0 Å². The van der Waals surface area contributed by atoms with Crippen molar-refractivity contribution < 1.29 is 27.6 Å². The molecule has 2 fully saturated rings. The number of fused-ring (bicyclic) bond motifs is 2. The molecule has 4 atom stereocenters. The van der Waals surface area contributed by atoms with Gasteiger partial charge in [-0.1, -0.05) is 67.0 Å². The van der Waals surface area contributed by atoms with E-state index in [1.807, 2.05) is 0 Å². The number of halogens is 1. The molecule has 4 rings (SSSR count). The summed E-state index contributed by atoms with van der Waals surface area (Å²) in [6, 6.07) is 0. The Morgan fingerprint density at radius 2 is 1.68 bits per heavy atom. The van der Waals surface area contributed by atoms with Gasteiger partial charge in [0, 0.05) is 6.92 Å². The highest BCUT2D eigenvalue weighted by Crippen LogP contribution is 2.48. The largest absolute Gasteiger partial charge is 0.414 e. The maximum Gasteiger partial charge on any atom is 0.335 e. The van der Waals surface area contributed by atoms with Crippen molar-refractivity contribution in [2.75, 3.05) is 11.9 Å². The second-order valence-electron chi connectivity index (χ2n) is 11.5. The van der Waals surface area contributed by atoms with Gasteiger partial charge in [-0.15, -0.1) is 0 Å². The van der Waals surface area contributed by atoms with Gasteiger partial charge in [-0.3, -0.25) is 14.7 Å². The van der Waals surface area contributed by atoms with Gasteiger partial charge in [0.25, 0.3) is 0 Å². The Labute approximate surface area is 231 Å². The third-order valence-electron chi connectivity index (χ3n) is 7.58. The summed E-state index contributed by atoms with van der Waals surface area (Å²) in [6.45, 7) is 18.8. The van der Waals surface area contributed by atoms with Crippen LogP contribution >= 0.6 is 11.6 Å². The molecule has 14 heteroatoms. The zero-order chi connectivity index (χ0) is 28.2. The number of nitrogens with zero attached hydrogens (tertiary/aromatic N) is 4. The van der Waals surface area contributed by atoms with Crippen molar-refractivity contribution in [2.24, 2.45) is 0 Å². The Balaban J connectivity index is 1.78. The van der Waals surface area contributed by atoms with E-state index >= 15 is 0 Å². The van der Waals surface area contributed by atoms with Crippen LogP contribution in [0, 0.1) is 0 Å². The predicted octanol–water partition coefficient (Wildman–Crippen LogP) is 4.65. The average Bonchev–Trinajstić information content (AvgIpc) is 3.33. The van der Waals surface area contributed by atoms with Crippen LogP contribution in [-0.4, -0.2) is 72.6 Å². The Morgan fingerprint density at radius 1 is 1.08 bits per heavy atom. The molecule has 2 aliphatic heterocycles. The molecule has 1 amide bonds. The summed E-state index contributed by atoms with van der Waals surface area (Å²) in [5, 5.41) is 14.3. The lowest BCUT2D eigenvalue weighted by atomic mass is 10.1. The summed E-state index contributed by atoms with van der Waals surface area (Å²) in [6.07, 6.45) is -1.62. The summed E-state index contributed by atoms with van der Waals surface area (Å²) in [4.78, 5) is 24.5. The minimum Gasteiger partial charge on any atom is -0.414 e. The molecule has 0 unspecified atom stereocenters. The van der Waals surface area contributed by atoms with Gasteiger partial charge < -0.3 is 22.8 Å². The van der Waals surface area contributed by atoms with E-state index in [0.29, 0.717) is 11.2 Å². The molecule has 0 aromatic carbocycles. The first-order valence-corrected chi connectivity index (χ1v) is 17.6. The molecule has 2 aromatic heterocycles. The number of hydrogen-bond donors (Lipinski definition) is 2. The maximum absolute atomic E-state index is 11.6. The molecule has 2 saturated heterocycles. The maximum atomic E-state index is 11.6. The van der Waals surface area contributed by atoms with Gasteiger partial charge in [0.2, 0.25) is 11.9 Å². The number of imidazole rings is 1. The molecule has 212 valence electrons. The molecule has 4 heterocycles. The van der Waals surface area contributed by atoms with E-state index in [1.54, 1.807) is 4.57 Å². The van der Waals surface area contributed by atoms with Gasteiger partial charge in [-0.2, -0.15) is 9.97 Å². The van der Waals surface area contributed by atoms with Gasteiger partial charge >= 0.3 is 17.1 Å². The average molecular weight is 586 g/mol. The van der Waals surface area contributed by atoms with Crippen LogP contribution in [0.4, 0.5) is 5.95 Å². The third-order valence-corrected chi connectivity index (χ3v) is 18.1. The number of carbonyl (C=O) groups is 1. The van der Waals surface area contributed by atoms with E-state index in [2.05, 4.69) is 75.7 Å². The van der Waals surface area contributed by atoms with Crippen molar-refractivity contribution >= 4 is 51.7 Å². The number of ether oxygens (including phenoxy) is 1. The SMILES string of the molecule is CC(=O)Nc1nc(Cl)c2ncn([C@@H]3O[C@@H]4CO[Si](C(C)C)(C(C)C)O[Si](C(C)C)(C(C)C)O[C@H]4[C@H]3O)c2n1. The Kier molecular flexibility index (Phi) is 8.42. The number of anilines is 1. The van der Waals surface area contributed by atoms with Crippen molar-refractivity contribution in [3.05, 3.63) is 11.5 Å². The molecular weight excluding hydrogens is 546 g/mol. The molecule has 0 spiro atoms. The van der Waals surface area contributed by atoms with Crippen LogP contribution in [0.5, 0.6) is 0 Å². The molecule has 38 heavy (non-hydrogen) atoms. The Morgan fingerprint density at radius 3 is 2.24 bits per heavy atom. The smallest absolute Gasteiger partial charge is 0.335 e. The molecule has 2 aromatic rings. The number of aliphatic hydroxyl groups excluding tert-OH is 1. The van der Waals surface area contributed by atoms with Crippen LogP contribution in [-0.2, 0) is 22.5 Å². The van der Waals surface area contributed by atoms with Crippen LogP contribution in [0.1, 0.15) is 68.5 Å². The molecule has 0 bridgehead atoms. The number of nitrogens with one attached hydrogen (secondary N) is 1. The van der Waals surface area contributed by atoms with Gasteiger partial charge in [0.15, 0.2) is 17.0 Å². The summed E-state index contributed by atoms with van der Waals surface area (Å²) < 4.78 is 29.0. The van der Waals surface area contributed by atoms with Crippen molar-refractivity contribution in [1.82, 2.24) is 19.5 Å². The highest BCUT2D eigenvalue weighted by Gasteiger charge is 2.61. The fourth-order valence-electron chi connectivity index (χ4n) is 5.65. The molecule has 0 radical (unpaired) electrons. The number of amides is 1. The highest BCUT2D eigenvalue weighted by atomic mass is 35.5. The normalized spacial score (nSPS) is 27.2. The molecule has 2 N–H and O–H groups in total. The van der Waals surface area contributed by atoms with Crippen molar-refractivity contribution in [2.45, 2.75) is 109 Å². The summed E-state index contributed by atoms with van der Waals surface area (Å²) >= 11 is 6.33. The number of rotatable bonds is 6. The first kappa shape index (κ1) is 29.5. The number of hydrogen-bond acceptors (Lipinski definition) is 9. The topological polar surface area (TPSA) is 130 Å². The molecular formula is C24H40ClN5O6Si2. The van der Waals surface area contributed by atoms with Crippen LogP contribution < -0.4 is 5.32 Å². The Bertz CT molecular complexity index is 1160. The van der Waals surface area contributed by atoms with E-state index < -0.39 is 41.7 Å². The summed E-state index contributed by atoms with van der Waals surface area (Å²) in [7, 11) is -5.68. The van der Waals surface area contributed by atoms with Crippen molar-refractivity contribution in [3.8, 4) is 0 Å². The second kappa shape index (κ2) is 10.8. The summed E-state index contributed by atoms with van der Waals surface area (Å²) in [5.74, 6) is -0.293. The van der Waals surface area contributed by atoms with Crippen LogP contribution in [0.2, 0.25) is 27.3 Å². The minimum absolute atomic E-state index is 0.0407. The van der Waals surface area contributed by atoms with Crippen LogP contribution in [0.3, 0.4) is 0 Å². The second-order valence-corrected chi connectivity index (χ2v) is 20.7. The lowest BCUT2D eigenvalue weighted by molar-refractivity contribution is -0.114. The minimum atomic E-state index is -2.94. The third kappa shape index (κ3) is 4.96. The van der Waals surface area contributed by atoms with E-state index in [9.17, 15) is 9.90 Å². The highest BCUT2D eigenvalue weighted by molar-refractivity contribution is 6.84. The first-order valence-electron chi connectivity index (χ1n) is 13.3. The number of aromatic nitrogens is 4. The lowest BCUT2D eigenvalue weighted by Gasteiger charge is -2.51. The number of carbonyl (C=O) groups excluding carboxylic acids is 1. The van der Waals surface area contributed by atoms with Gasteiger partial charge in [0.1, 0.15) is 23.8 Å². The summed E-state index contributed by atoms with van der Waals surface area (Å²) in [5.41, 5.74) is 1.27. The zero-order valence-electron chi connectivity index (χ0n) is 23.6. The van der Waals surface area contributed by atoms with Gasteiger partial charge in [-0.25, -0.2) is 4.98 Å². The van der Waals surface area contributed by atoms with Crippen LogP contribution in [0.15, 0.2) is 6.33 Å². The van der Waals surface area contributed by atoms with Gasteiger partial charge in [-0.05, 0) is 22.2 Å². The number of aliphatic hydroxyl groups is 1. The molecule has 0 saturated carbocycles. The quantitative estimate of drug-likeness (QED) is 0.367. The van der Waals surface area contributed by atoms with E-state index in [4.69, 9.17) is 29.3 Å². The standard InChI is InChI=1S/C24H40ClN5O6Si2/c1-12(2)37(13(3)4)33-10-17-20(35-38(36-37,14(5)6)15(7)8)19(32)23(34-17)30-11-26-18-21(25)28-24(27-16(9)31)29-22(18)30/h11-15,17,19-20,23,32H,10H2,1-9H3,(H,27,28,29,31)/t17-,19-,20-,23-/m1/s1. The van der Waals surface area contributed by atoms with Crippen molar-refractivity contribution in [1.29, 1.82) is 0 Å². The first-order chi connectivity index (χ1) is 17.7. The molecule has 2 aliphatic rings. The monoisotopic (exact) mass is 585 g/mol. The fraction of sp³-hybridized carbons (Fsp3) is 0.750. The fourth-order valence-corrected chi connectivity index (χ4v) is 17.1. The van der Waals surface area contributed by atoms with Crippen LogP contribution in [0.25, 0.3) is 11.2 Å². The van der Waals surface area contributed by atoms with E-state index in [-0.39, 0.29) is 45.8 Å². The zero-order valence-corrected chi connectivity index (χ0v) is 26.3. The lowest BCUT2D eigenvalue weighted by Crippen LogP contribution is -2.65. The van der Waals surface area contributed by atoms with Gasteiger partial charge in [0.05, 0.1) is 12.9 Å². The van der Waals surface area contributed by atoms with E-state index in [1.165, 1.54) is 13.3 Å². The molecule has 11 nitrogen and oxygen atoms in total. The Hall–Kier alpha value is -1.46.